The molecule has 2 atom stereocenters. The molecule has 1 rings (SSSR count). The van der Waals surface area contributed by atoms with Crippen molar-refractivity contribution >= 4 is 11.9 Å². The highest BCUT2D eigenvalue weighted by Crippen LogP contribution is 2.23. The van der Waals surface area contributed by atoms with Crippen LogP contribution in [0.25, 0.3) is 0 Å². The number of Topliss-reactive ketones (excluding diaryl/α,β-unsaturated/α-hetero) is 1. The Morgan fingerprint density at radius 1 is 1.42 bits per heavy atom. The van der Waals surface area contributed by atoms with E-state index in [1.165, 1.54) is 13.0 Å². The van der Waals surface area contributed by atoms with Crippen molar-refractivity contribution in [2.45, 2.75) is 32.4 Å². The number of carbonyl (C=O) groups is 2. The lowest BCUT2D eigenvalue weighted by atomic mass is 10.1. The molecule has 1 heterocycles. The third kappa shape index (κ3) is 4.21. The second-order valence-corrected chi connectivity index (χ2v) is 4.58. The van der Waals surface area contributed by atoms with E-state index in [9.17, 15) is 9.59 Å². The van der Waals surface area contributed by atoms with Gasteiger partial charge in [-0.3, -0.25) is 9.69 Å². The predicted molar refractivity (Wildman–Crippen MR) is 71.9 cm³/mol. The SMILES string of the molecule is C=CCOC(=O)N1C[C@H](OC)C[C@H]1C=C(C)C(C)=O. The molecule has 1 aliphatic rings. The van der Waals surface area contributed by atoms with Gasteiger partial charge in [0.25, 0.3) is 0 Å². The number of likely N-dealkylation sites (tertiary alicyclic amines) is 1. The van der Waals surface area contributed by atoms with Crippen molar-refractivity contribution in [2.75, 3.05) is 20.3 Å². The van der Waals surface area contributed by atoms with Crippen LogP contribution in [0, 0.1) is 0 Å². The summed E-state index contributed by atoms with van der Waals surface area (Å²) < 4.78 is 10.3. The molecule has 0 spiro atoms. The number of hydrogen-bond acceptors (Lipinski definition) is 4. The highest BCUT2D eigenvalue weighted by molar-refractivity contribution is 5.92. The normalized spacial score (nSPS) is 23.3. The first kappa shape index (κ1) is 15.4. The van der Waals surface area contributed by atoms with Gasteiger partial charge in [-0.15, -0.1) is 0 Å². The Morgan fingerprint density at radius 3 is 2.63 bits per heavy atom. The summed E-state index contributed by atoms with van der Waals surface area (Å²) in [5.41, 5.74) is 0.642. The maximum Gasteiger partial charge on any atom is 0.410 e. The summed E-state index contributed by atoms with van der Waals surface area (Å²) in [4.78, 5) is 24.8. The largest absolute Gasteiger partial charge is 0.445 e. The van der Waals surface area contributed by atoms with E-state index < -0.39 is 6.09 Å². The Morgan fingerprint density at radius 2 is 2.11 bits per heavy atom. The number of methoxy groups -OCH3 is 1. The van der Waals surface area contributed by atoms with Crippen molar-refractivity contribution in [3.05, 3.63) is 24.3 Å². The van der Waals surface area contributed by atoms with Crippen LogP contribution in [0.2, 0.25) is 0 Å². The zero-order valence-electron chi connectivity index (χ0n) is 11.7. The van der Waals surface area contributed by atoms with Gasteiger partial charge in [-0.2, -0.15) is 0 Å². The van der Waals surface area contributed by atoms with E-state index in [2.05, 4.69) is 6.58 Å². The molecule has 1 amide bonds. The second-order valence-electron chi connectivity index (χ2n) is 4.58. The quantitative estimate of drug-likeness (QED) is 0.564. The summed E-state index contributed by atoms with van der Waals surface area (Å²) in [7, 11) is 1.61. The smallest absolute Gasteiger partial charge is 0.410 e. The molecular weight excluding hydrogens is 246 g/mol. The fourth-order valence-electron chi connectivity index (χ4n) is 1.98. The fraction of sp³-hybridized carbons (Fsp3) is 0.571. The van der Waals surface area contributed by atoms with E-state index in [1.54, 1.807) is 25.0 Å². The zero-order valence-corrected chi connectivity index (χ0v) is 11.7. The van der Waals surface area contributed by atoms with Gasteiger partial charge in [0.05, 0.1) is 18.7 Å². The molecule has 0 aromatic carbocycles. The average molecular weight is 267 g/mol. The van der Waals surface area contributed by atoms with E-state index in [1.807, 2.05) is 0 Å². The van der Waals surface area contributed by atoms with Crippen LogP contribution >= 0.6 is 0 Å². The van der Waals surface area contributed by atoms with Gasteiger partial charge in [0.1, 0.15) is 6.61 Å². The third-order valence-electron chi connectivity index (χ3n) is 3.20. The van der Waals surface area contributed by atoms with Crippen molar-refractivity contribution in [3.63, 3.8) is 0 Å². The number of amides is 1. The average Bonchev–Trinajstić information content (AvgIpc) is 2.78. The molecule has 1 fully saturated rings. The van der Waals surface area contributed by atoms with Gasteiger partial charge in [-0.05, 0) is 25.8 Å². The fourth-order valence-corrected chi connectivity index (χ4v) is 1.98. The van der Waals surface area contributed by atoms with Crippen LogP contribution < -0.4 is 0 Å². The number of allylic oxidation sites excluding steroid dienone is 1. The molecule has 0 radical (unpaired) electrons. The number of ketones is 1. The lowest BCUT2D eigenvalue weighted by Gasteiger charge is -2.21. The molecule has 19 heavy (non-hydrogen) atoms. The molecule has 0 aromatic rings. The second kappa shape index (κ2) is 7.09. The maximum atomic E-state index is 11.9. The summed E-state index contributed by atoms with van der Waals surface area (Å²) in [6.07, 6.45) is 3.56. The van der Waals surface area contributed by atoms with Crippen molar-refractivity contribution in [1.82, 2.24) is 4.90 Å². The Balaban J connectivity index is 2.80. The van der Waals surface area contributed by atoms with Crippen molar-refractivity contribution in [1.29, 1.82) is 0 Å². The van der Waals surface area contributed by atoms with Gasteiger partial charge in [0, 0.05) is 7.11 Å². The Bertz CT molecular complexity index is 389. The van der Waals surface area contributed by atoms with E-state index in [-0.39, 0.29) is 24.5 Å². The molecular formula is C14H21NO4. The monoisotopic (exact) mass is 267 g/mol. The first-order chi connectivity index (χ1) is 8.99. The minimum Gasteiger partial charge on any atom is -0.445 e. The number of carbonyl (C=O) groups excluding carboxylic acids is 2. The Hall–Kier alpha value is -1.62. The van der Waals surface area contributed by atoms with Gasteiger partial charge in [0.15, 0.2) is 5.78 Å². The van der Waals surface area contributed by atoms with Gasteiger partial charge in [-0.1, -0.05) is 18.7 Å². The van der Waals surface area contributed by atoms with Gasteiger partial charge < -0.3 is 9.47 Å². The first-order valence-corrected chi connectivity index (χ1v) is 6.26. The lowest BCUT2D eigenvalue weighted by Crippen LogP contribution is -2.36. The number of ether oxygens (including phenoxy) is 2. The molecule has 0 aromatic heterocycles. The molecule has 1 aliphatic heterocycles. The number of nitrogens with zero attached hydrogens (tertiary/aromatic N) is 1. The van der Waals surface area contributed by atoms with Crippen LogP contribution in [-0.4, -0.2) is 49.2 Å². The van der Waals surface area contributed by atoms with Crippen LogP contribution in [0.3, 0.4) is 0 Å². The minimum atomic E-state index is -0.406. The summed E-state index contributed by atoms with van der Waals surface area (Å²) in [5, 5.41) is 0. The van der Waals surface area contributed by atoms with Crippen molar-refractivity contribution < 1.29 is 19.1 Å². The standard InChI is InChI=1S/C14H21NO4/c1-5-6-19-14(17)15-9-13(18-4)8-12(15)7-10(2)11(3)16/h5,7,12-13H,1,6,8-9H2,2-4H3/t12-,13-/m1/s1. The van der Waals surface area contributed by atoms with Gasteiger partial charge in [-0.25, -0.2) is 4.79 Å². The molecule has 0 unspecified atom stereocenters. The minimum absolute atomic E-state index is 0.000255. The Labute approximate surface area is 113 Å². The van der Waals surface area contributed by atoms with Crippen LogP contribution in [0.15, 0.2) is 24.3 Å². The van der Waals surface area contributed by atoms with Gasteiger partial charge in [0.2, 0.25) is 0 Å². The lowest BCUT2D eigenvalue weighted by molar-refractivity contribution is -0.113. The van der Waals surface area contributed by atoms with Crippen LogP contribution in [0.4, 0.5) is 4.79 Å². The Kier molecular flexibility index (Phi) is 5.76. The predicted octanol–water partition coefficient (Wildman–Crippen LogP) is 1.93. The molecule has 0 aliphatic carbocycles. The molecule has 5 nitrogen and oxygen atoms in total. The van der Waals surface area contributed by atoms with Crippen molar-refractivity contribution in [2.24, 2.45) is 0 Å². The topological polar surface area (TPSA) is 55.8 Å². The maximum absolute atomic E-state index is 11.9. The molecule has 0 saturated carbocycles. The van der Waals surface area contributed by atoms with Crippen molar-refractivity contribution in [3.8, 4) is 0 Å². The van der Waals surface area contributed by atoms with E-state index in [0.717, 1.165) is 0 Å². The van der Waals surface area contributed by atoms with Crippen LogP contribution in [-0.2, 0) is 14.3 Å². The highest BCUT2D eigenvalue weighted by Gasteiger charge is 2.35. The molecule has 0 N–H and O–H groups in total. The van der Waals surface area contributed by atoms with Crippen LogP contribution in [0.5, 0.6) is 0 Å². The molecule has 0 bridgehead atoms. The van der Waals surface area contributed by atoms with Crippen LogP contribution in [0.1, 0.15) is 20.3 Å². The summed E-state index contributed by atoms with van der Waals surface area (Å²) >= 11 is 0. The number of hydrogen-bond donors (Lipinski definition) is 0. The summed E-state index contributed by atoms with van der Waals surface area (Å²) in [6, 6.07) is -0.161. The zero-order chi connectivity index (χ0) is 14.4. The highest BCUT2D eigenvalue weighted by atomic mass is 16.6. The third-order valence-corrected chi connectivity index (χ3v) is 3.20. The van der Waals surface area contributed by atoms with E-state index >= 15 is 0 Å². The van der Waals surface area contributed by atoms with E-state index in [0.29, 0.717) is 18.5 Å². The molecule has 5 heteroatoms. The van der Waals surface area contributed by atoms with Gasteiger partial charge >= 0.3 is 6.09 Å². The molecule has 1 saturated heterocycles. The summed E-state index contributed by atoms with van der Waals surface area (Å²) in [6.45, 7) is 7.41. The number of rotatable bonds is 5. The summed E-state index contributed by atoms with van der Waals surface area (Å²) in [5.74, 6) is 0.000255. The first-order valence-electron chi connectivity index (χ1n) is 6.26. The molecule has 106 valence electrons. The van der Waals surface area contributed by atoms with E-state index in [4.69, 9.17) is 9.47 Å².